The lowest BCUT2D eigenvalue weighted by molar-refractivity contribution is -0.0368. The number of aromatic nitrogens is 3. The number of benzene rings is 1. The molecule has 1 amide bonds. The summed E-state index contributed by atoms with van der Waals surface area (Å²) in [6.45, 7) is 9.31. The number of fused-ring (bicyclic) bond motifs is 1. The van der Waals surface area contributed by atoms with Crippen molar-refractivity contribution in [2.45, 2.75) is 95.3 Å². The molecule has 1 aromatic carbocycles. The Bertz CT molecular complexity index is 1550. The number of anilines is 1. The molecule has 0 radical (unpaired) electrons. The monoisotopic (exact) mass is 597 g/mol. The molecule has 228 valence electrons. The van der Waals surface area contributed by atoms with Gasteiger partial charge in [-0.2, -0.15) is 5.10 Å². The molecule has 0 bridgehead atoms. The summed E-state index contributed by atoms with van der Waals surface area (Å²) in [5.41, 5.74) is 4.77. The molecule has 5 rings (SSSR count). The molecule has 3 heterocycles. The van der Waals surface area contributed by atoms with Gasteiger partial charge in [-0.25, -0.2) is 17.9 Å². The molecule has 2 N–H and O–H groups in total. The number of pyridine rings is 1. The first-order chi connectivity index (χ1) is 19.9. The number of ether oxygens (including phenoxy) is 2. The van der Waals surface area contributed by atoms with E-state index in [1.54, 1.807) is 6.07 Å². The SMILES string of the molecule is Cc1cc(-c2ncc(NCCCCNC(=O)OC(C)(C)C)c3c2c(C2CC2)nn3C2CCCCO2)ccc1S(C)(=O)=O. The topological polar surface area (TPSA) is 124 Å². The Balaban J connectivity index is 1.44. The summed E-state index contributed by atoms with van der Waals surface area (Å²) in [6.07, 6.45) is 9.40. The van der Waals surface area contributed by atoms with E-state index in [4.69, 9.17) is 19.6 Å². The van der Waals surface area contributed by atoms with E-state index >= 15 is 0 Å². The minimum atomic E-state index is -3.33. The quantitative estimate of drug-likeness (QED) is 0.269. The first-order valence-corrected chi connectivity index (χ1v) is 16.9. The number of alkyl carbamates (subject to hydrolysis) is 1. The summed E-state index contributed by atoms with van der Waals surface area (Å²) >= 11 is 0. The Hall–Kier alpha value is -3.18. The van der Waals surface area contributed by atoms with Gasteiger partial charge >= 0.3 is 6.09 Å². The molecule has 1 aliphatic heterocycles. The van der Waals surface area contributed by atoms with Gasteiger partial charge in [0, 0.05) is 37.4 Å². The van der Waals surface area contributed by atoms with Crippen LogP contribution in [0.25, 0.3) is 22.2 Å². The van der Waals surface area contributed by atoms with Gasteiger partial charge in [-0.3, -0.25) is 4.98 Å². The van der Waals surface area contributed by atoms with Crippen LogP contribution in [0.1, 0.15) is 89.1 Å². The van der Waals surface area contributed by atoms with Crippen LogP contribution in [0.5, 0.6) is 0 Å². The molecule has 42 heavy (non-hydrogen) atoms. The maximum atomic E-state index is 12.3. The van der Waals surface area contributed by atoms with Gasteiger partial charge in [0.1, 0.15) is 5.60 Å². The predicted octanol–water partition coefficient (Wildman–Crippen LogP) is 6.10. The van der Waals surface area contributed by atoms with Gasteiger partial charge in [-0.1, -0.05) is 6.07 Å². The van der Waals surface area contributed by atoms with E-state index in [1.807, 2.05) is 46.0 Å². The lowest BCUT2D eigenvalue weighted by atomic mass is 10.0. The van der Waals surface area contributed by atoms with Crippen molar-refractivity contribution in [3.05, 3.63) is 35.7 Å². The van der Waals surface area contributed by atoms with E-state index in [9.17, 15) is 13.2 Å². The number of amides is 1. The first kappa shape index (κ1) is 30.3. The van der Waals surface area contributed by atoms with Gasteiger partial charge in [-0.15, -0.1) is 0 Å². The van der Waals surface area contributed by atoms with Crippen LogP contribution in [0, 0.1) is 6.92 Å². The second kappa shape index (κ2) is 12.2. The molecule has 1 saturated heterocycles. The molecule has 1 aliphatic carbocycles. The highest BCUT2D eigenvalue weighted by Gasteiger charge is 2.34. The molecule has 1 unspecified atom stereocenters. The number of aryl methyl sites for hydroxylation is 1. The molecule has 2 fully saturated rings. The number of hydrogen-bond acceptors (Lipinski definition) is 8. The van der Waals surface area contributed by atoms with Gasteiger partial charge in [0.15, 0.2) is 16.1 Å². The number of unbranched alkanes of at least 4 members (excludes halogenated alkanes) is 1. The smallest absolute Gasteiger partial charge is 0.407 e. The molecule has 3 aromatic rings. The number of sulfone groups is 1. The van der Waals surface area contributed by atoms with Gasteiger partial charge < -0.3 is 20.1 Å². The van der Waals surface area contributed by atoms with Crippen molar-refractivity contribution in [3.63, 3.8) is 0 Å². The van der Waals surface area contributed by atoms with Crippen LogP contribution in [0.15, 0.2) is 29.3 Å². The maximum Gasteiger partial charge on any atom is 0.407 e. The minimum absolute atomic E-state index is 0.142. The third kappa shape index (κ3) is 7.06. The molecule has 0 spiro atoms. The summed E-state index contributed by atoms with van der Waals surface area (Å²) in [5, 5.41) is 12.6. The lowest BCUT2D eigenvalue weighted by Crippen LogP contribution is -2.33. The summed E-state index contributed by atoms with van der Waals surface area (Å²) in [6, 6.07) is 5.44. The number of carbonyl (C=O) groups is 1. The largest absolute Gasteiger partial charge is 0.444 e. The highest BCUT2D eigenvalue weighted by atomic mass is 32.2. The Morgan fingerprint density at radius 1 is 1.14 bits per heavy atom. The third-order valence-electron chi connectivity index (χ3n) is 7.58. The van der Waals surface area contributed by atoms with E-state index in [1.165, 1.54) is 6.26 Å². The number of rotatable bonds is 10. The molecule has 1 saturated carbocycles. The summed E-state index contributed by atoms with van der Waals surface area (Å²) in [7, 11) is -3.33. The van der Waals surface area contributed by atoms with E-state index in [2.05, 4.69) is 15.3 Å². The average Bonchev–Trinajstić information content (AvgIpc) is 3.68. The molecule has 10 nitrogen and oxygen atoms in total. The number of nitrogens with zero attached hydrogens (tertiary/aromatic N) is 3. The summed E-state index contributed by atoms with van der Waals surface area (Å²) in [4.78, 5) is 17.2. The third-order valence-corrected chi connectivity index (χ3v) is 8.84. The van der Waals surface area contributed by atoms with Crippen molar-refractivity contribution >= 4 is 32.5 Å². The van der Waals surface area contributed by atoms with E-state index in [0.29, 0.717) is 36.1 Å². The van der Waals surface area contributed by atoms with Crippen LogP contribution in [0.2, 0.25) is 0 Å². The predicted molar refractivity (Wildman–Crippen MR) is 164 cm³/mol. The van der Waals surface area contributed by atoms with Gasteiger partial charge in [-0.05, 0) is 90.3 Å². The standard InChI is InChI=1S/C31H43N5O5S/c1-20-18-22(13-14-24(20)42(5,38)39)27-26-28(21-11-12-21)35-36(25-10-6-9-17-40-25)29(26)23(19-34-27)32-15-7-8-16-33-30(37)41-31(2,3)4/h13-14,18-19,21,25,32H,6-12,15-17H2,1-5H3,(H,33,37). The Morgan fingerprint density at radius 2 is 1.90 bits per heavy atom. The van der Waals surface area contributed by atoms with Crippen LogP contribution in [-0.2, 0) is 19.3 Å². The van der Waals surface area contributed by atoms with Crippen molar-refractivity contribution in [2.24, 2.45) is 0 Å². The fourth-order valence-corrected chi connectivity index (χ4v) is 6.46. The van der Waals surface area contributed by atoms with Crippen LogP contribution < -0.4 is 10.6 Å². The normalized spacial score (nSPS) is 17.8. The minimum Gasteiger partial charge on any atom is -0.444 e. The Kier molecular flexibility index (Phi) is 8.80. The van der Waals surface area contributed by atoms with Crippen LogP contribution in [0.3, 0.4) is 0 Å². The molecule has 11 heteroatoms. The van der Waals surface area contributed by atoms with Crippen LogP contribution in [-0.4, -0.2) is 60.8 Å². The zero-order valence-corrected chi connectivity index (χ0v) is 26.1. The van der Waals surface area contributed by atoms with Crippen LogP contribution >= 0.6 is 0 Å². The second-order valence-electron chi connectivity index (χ2n) is 12.5. The van der Waals surface area contributed by atoms with Crippen LogP contribution in [0.4, 0.5) is 10.5 Å². The summed E-state index contributed by atoms with van der Waals surface area (Å²) < 4.78 is 38.1. The Labute approximate surface area is 248 Å². The fraction of sp³-hybridized carbons (Fsp3) is 0.581. The lowest BCUT2D eigenvalue weighted by Gasteiger charge is -2.24. The highest BCUT2D eigenvalue weighted by molar-refractivity contribution is 7.90. The van der Waals surface area contributed by atoms with E-state index in [0.717, 1.165) is 78.5 Å². The molecule has 2 aliphatic rings. The Morgan fingerprint density at radius 3 is 2.55 bits per heavy atom. The van der Waals surface area contributed by atoms with Crippen molar-refractivity contribution < 1.29 is 22.7 Å². The number of carbonyl (C=O) groups excluding carboxylic acids is 1. The highest BCUT2D eigenvalue weighted by Crippen LogP contribution is 2.47. The van der Waals surface area contributed by atoms with Crippen molar-refractivity contribution in [3.8, 4) is 11.3 Å². The fourth-order valence-electron chi connectivity index (χ4n) is 5.50. The second-order valence-corrected chi connectivity index (χ2v) is 14.5. The molecule has 1 atom stereocenters. The number of hydrogen-bond donors (Lipinski definition) is 2. The molecular formula is C31H43N5O5S. The zero-order valence-electron chi connectivity index (χ0n) is 25.3. The number of nitrogens with one attached hydrogen (secondary N) is 2. The zero-order chi connectivity index (χ0) is 30.1. The van der Waals surface area contributed by atoms with Crippen molar-refractivity contribution in [2.75, 3.05) is 31.3 Å². The maximum absolute atomic E-state index is 12.3. The van der Waals surface area contributed by atoms with Crippen molar-refractivity contribution in [1.29, 1.82) is 0 Å². The molecule has 2 aromatic heterocycles. The van der Waals surface area contributed by atoms with E-state index < -0.39 is 21.5 Å². The van der Waals surface area contributed by atoms with E-state index in [-0.39, 0.29) is 6.23 Å². The average molecular weight is 598 g/mol. The first-order valence-electron chi connectivity index (χ1n) is 15.0. The van der Waals surface area contributed by atoms with Crippen molar-refractivity contribution in [1.82, 2.24) is 20.1 Å². The summed E-state index contributed by atoms with van der Waals surface area (Å²) in [5.74, 6) is 0.378. The van der Waals surface area contributed by atoms with Gasteiger partial charge in [0.2, 0.25) is 0 Å². The van der Waals surface area contributed by atoms with Gasteiger partial charge in [0.05, 0.1) is 39.1 Å². The van der Waals surface area contributed by atoms with Gasteiger partial charge in [0.25, 0.3) is 0 Å². The molecular weight excluding hydrogens is 554 g/mol.